The van der Waals surface area contributed by atoms with Crippen LogP contribution >= 0.6 is 11.6 Å². The number of rotatable bonds is 7. The second-order valence-corrected chi connectivity index (χ2v) is 15.7. The zero-order valence-corrected chi connectivity index (χ0v) is 24.5. The van der Waals surface area contributed by atoms with Gasteiger partial charge in [-0.3, -0.25) is 9.67 Å². The molecule has 0 bridgehead atoms. The summed E-state index contributed by atoms with van der Waals surface area (Å²) >= 11 is 5.58. The van der Waals surface area contributed by atoms with E-state index >= 15 is 0 Å². The van der Waals surface area contributed by atoms with Gasteiger partial charge in [-0.05, 0) is 6.07 Å². The van der Waals surface area contributed by atoms with Crippen LogP contribution in [0.4, 0.5) is 26.2 Å². The Labute approximate surface area is 236 Å². The number of urea groups is 1. The predicted molar refractivity (Wildman–Crippen MR) is 155 cm³/mol. The van der Waals surface area contributed by atoms with Gasteiger partial charge in [-0.25, -0.2) is 4.39 Å². The molecule has 2 aromatic heterocycles. The minimum Gasteiger partial charge on any atom is -0.256 e. The molecule has 2 N–H and O–H groups in total. The van der Waals surface area contributed by atoms with Crippen LogP contribution in [0.3, 0.4) is 0 Å². The fourth-order valence-electron chi connectivity index (χ4n) is 4.49. The van der Waals surface area contributed by atoms with Gasteiger partial charge < -0.3 is 4.74 Å². The molecule has 1 fully saturated rings. The van der Waals surface area contributed by atoms with Crippen LogP contribution in [-0.2, 0) is 7.05 Å². The first-order valence-corrected chi connectivity index (χ1v) is 17.7. The summed E-state index contributed by atoms with van der Waals surface area (Å²) < 4.78 is 23.1. The van der Waals surface area contributed by atoms with E-state index in [1.807, 2.05) is 25.4 Å². The van der Waals surface area contributed by atoms with Crippen molar-refractivity contribution in [2.75, 3.05) is 28.6 Å². The van der Waals surface area contributed by atoms with E-state index in [0.717, 1.165) is 29.0 Å². The molecule has 4 aromatic rings. The topological polar surface area (TPSA) is 84.3 Å². The standard InChI is InChI=1S/C28H29AsClFN6O2/c1-29(2)19-7-9-37(17-19)23-11-20(30)10-22(12-23)35-28(38)34-21-4-5-27(25(31)13-21)39-24-6-8-32-26(14-24)18-15-33-36(3)16-18/h4-6,8,10-16,19H,7,9,17H2,1-3H3,(H2,34,35,38). The van der Waals surface area contributed by atoms with E-state index in [2.05, 4.69) is 37.0 Å². The van der Waals surface area contributed by atoms with Crippen LogP contribution in [0, 0.1) is 5.82 Å². The molecule has 2 aromatic carbocycles. The van der Waals surface area contributed by atoms with E-state index in [9.17, 15) is 9.18 Å². The average molecular weight is 611 g/mol. The molecule has 39 heavy (non-hydrogen) atoms. The summed E-state index contributed by atoms with van der Waals surface area (Å²) in [5.41, 5.74) is 8.10. The van der Waals surface area contributed by atoms with Crippen LogP contribution in [0.5, 0.6) is 11.5 Å². The molecule has 202 valence electrons. The Balaban J connectivity index is 1.22. The number of benzene rings is 2. The Morgan fingerprint density at radius 2 is 1.95 bits per heavy atom. The quantitative estimate of drug-likeness (QED) is 0.219. The third-order valence-electron chi connectivity index (χ3n) is 6.55. The minimum absolute atomic E-state index is 0.0253. The molecular formula is C28H29AsClFN6O2. The maximum atomic E-state index is 14.9. The molecule has 0 aliphatic carbocycles. The number of amides is 2. The Morgan fingerprint density at radius 1 is 1.13 bits per heavy atom. The number of aromatic nitrogens is 3. The van der Waals surface area contributed by atoms with Crippen molar-refractivity contribution >= 4 is 49.3 Å². The van der Waals surface area contributed by atoms with Gasteiger partial charge in [-0.1, -0.05) is 0 Å². The van der Waals surface area contributed by atoms with Crippen molar-refractivity contribution in [1.82, 2.24) is 14.8 Å². The second kappa shape index (κ2) is 11.7. The Morgan fingerprint density at radius 3 is 2.67 bits per heavy atom. The van der Waals surface area contributed by atoms with Crippen LogP contribution in [0.1, 0.15) is 6.42 Å². The third-order valence-corrected chi connectivity index (χ3v) is 10.7. The van der Waals surface area contributed by atoms with Gasteiger partial charge in [0.1, 0.15) is 5.75 Å². The first-order valence-electron chi connectivity index (χ1n) is 12.5. The summed E-state index contributed by atoms with van der Waals surface area (Å²) in [6.07, 6.45) is 6.31. The van der Waals surface area contributed by atoms with Crippen molar-refractivity contribution in [1.29, 1.82) is 0 Å². The molecule has 1 atom stereocenters. The van der Waals surface area contributed by atoms with Crippen molar-refractivity contribution in [3.8, 4) is 22.8 Å². The zero-order chi connectivity index (χ0) is 27.5. The molecule has 11 heteroatoms. The molecule has 0 spiro atoms. The summed E-state index contributed by atoms with van der Waals surface area (Å²) in [5.74, 6) is -0.162. The number of pyridine rings is 1. The summed E-state index contributed by atoms with van der Waals surface area (Å²) in [4.78, 5) is 19.3. The van der Waals surface area contributed by atoms with E-state index in [0.29, 0.717) is 22.2 Å². The smallest absolute Gasteiger partial charge is 0.256 e. The van der Waals surface area contributed by atoms with E-state index in [1.165, 1.54) is 18.6 Å². The van der Waals surface area contributed by atoms with Crippen LogP contribution in [-0.4, -0.2) is 48.5 Å². The number of hydrogen-bond acceptors (Lipinski definition) is 5. The van der Waals surface area contributed by atoms with Gasteiger partial charge in [0.05, 0.1) is 11.9 Å². The Hall–Kier alpha value is -3.55. The molecule has 2 amide bonds. The number of ether oxygens (including phenoxy) is 1. The van der Waals surface area contributed by atoms with E-state index in [4.69, 9.17) is 16.3 Å². The number of carbonyl (C=O) groups excluding carboxylic acids is 1. The molecule has 1 aliphatic rings. The first-order chi connectivity index (χ1) is 18.7. The number of aryl methyl sites for hydroxylation is 1. The average Bonchev–Trinajstić information content (AvgIpc) is 3.55. The summed E-state index contributed by atoms with van der Waals surface area (Å²) in [5, 5.41) is 10.2. The molecule has 0 radical (unpaired) electrons. The molecule has 1 saturated heterocycles. The Bertz CT molecular complexity index is 1500. The van der Waals surface area contributed by atoms with Crippen molar-refractivity contribution < 1.29 is 13.9 Å². The van der Waals surface area contributed by atoms with Crippen molar-refractivity contribution in [3.05, 3.63) is 78.0 Å². The van der Waals surface area contributed by atoms with Crippen LogP contribution in [0.2, 0.25) is 21.2 Å². The number of hydrogen-bond donors (Lipinski definition) is 2. The van der Waals surface area contributed by atoms with E-state index in [1.54, 1.807) is 41.3 Å². The third kappa shape index (κ3) is 6.72. The number of halogens is 2. The number of nitrogens with one attached hydrogen (secondary N) is 2. The van der Waals surface area contributed by atoms with Gasteiger partial charge >= 0.3 is 153 Å². The monoisotopic (exact) mass is 610 g/mol. The number of nitrogens with zero attached hydrogens (tertiary/aromatic N) is 4. The summed E-state index contributed by atoms with van der Waals surface area (Å²) in [6.45, 7) is 2.01. The van der Waals surface area contributed by atoms with Gasteiger partial charge in [-0.2, -0.15) is 5.10 Å². The van der Waals surface area contributed by atoms with Crippen molar-refractivity contribution in [3.63, 3.8) is 0 Å². The summed E-state index contributed by atoms with van der Waals surface area (Å²) in [6, 6.07) is 12.6. The van der Waals surface area contributed by atoms with Gasteiger partial charge in [-0.15, -0.1) is 0 Å². The molecular weight excluding hydrogens is 582 g/mol. The second-order valence-electron chi connectivity index (χ2n) is 9.66. The molecule has 5 rings (SSSR count). The van der Waals surface area contributed by atoms with Crippen LogP contribution in [0.15, 0.2) is 67.1 Å². The van der Waals surface area contributed by atoms with Crippen molar-refractivity contribution in [2.45, 2.75) is 22.5 Å². The summed E-state index contributed by atoms with van der Waals surface area (Å²) in [7, 11) is 1.82. The van der Waals surface area contributed by atoms with Crippen molar-refractivity contribution in [2.24, 2.45) is 7.05 Å². The fraction of sp³-hybridized carbons (Fsp3) is 0.250. The van der Waals surface area contributed by atoms with Gasteiger partial charge in [0, 0.05) is 31.1 Å². The van der Waals surface area contributed by atoms with Crippen LogP contribution < -0.4 is 20.3 Å². The molecule has 8 nitrogen and oxygen atoms in total. The van der Waals surface area contributed by atoms with E-state index in [-0.39, 0.29) is 11.4 Å². The number of anilines is 3. The fourth-order valence-corrected chi connectivity index (χ4v) is 7.15. The first kappa shape index (κ1) is 27.0. The zero-order valence-electron chi connectivity index (χ0n) is 21.9. The molecule has 1 aliphatic heterocycles. The molecule has 3 heterocycles. The normalized spacial score (nSPS) is 15.0. The molecule has 0 saturated carbocycles. The molecule has 1 unspecified atom stereocenters. The van der Waals surface area contributed by atoms with Gasteiger partial charge in [0.2, 0.25) is 0 Å². The van der Waals surface area contributed by atoms with Gasteiger partial charge in [0.15, 0.2) is 5.75 Å². The maximum absolute atomic E-state index is 14.9. The Kier molecular flexibility index (Phi) is 8.09. The van der Waals surface area contributed by atoms with E-state index < -0.39 is 26.5 Å². The minimum atomic E-state index is -0.783. The SMILES string of the molecule is Cn1cc(-c2cc(Oc3ccc(NC(=O)Nc4cc(Cl)cc(N5CCC([As](C)C)C5)c4)cc3F)ccn2)cn1. The predicted octanol–water partition coefficient (Wildman–Crippen LogP) is 7.05. The van der Waals surface area contributed by atoms with Crippen LogP contribution in [0.25, 0.3) is 11.3 Å². The number of carbonyl (C=O) groups is 1. The van der Waals surface area contributed by atoms with Gasteiger partial charge in [0.25, 0.3) is 0 Å².